The molecule has 0 fully saturated rings. The van der Waals surface area contributed by atoms with E-state index >= 15 is 0 Å². The molecule has 0 amide bonds. The zero-order chi connectivity index (χ0) is 10.3. The average molecular weight is 231 g/mol. The van der Waals surface area contributed by atoms with Crippen LogP contribution in [0.25, 0.3) is 0 Å². The molecule has 78 valence electrons. The SMILES string of the molecule is Cc1c(S(=N)(N)=O)sc2c1CCNC2. The fourth-order valence-corrected chi connectivity index (χ4v) is 4.18. The normalized spacial score (nSPS) is 20.1. The molecule has 0 spiro atoms. The molecule has 0 aromatic carbocycles. The van der Waals surface area contributed by atoms with Crippen molar-refractivity contribution in [2.45, 2.75) is 24.1 Å². The van der Waals surface area contributed by atoms with Crippen molar-refractivity contribution >= 4 is 21.3 Å². The molecular weight excluding hydrogens is 218 g/mol. The second kappa shape index (κ2) is 3.30. The number of rotatable bonds is 1. The lowest BCUT2D eigenvalue weighted by molar-refractivity contribution is 0.652. The van der Waals surface area contributed by atoms with E-state index in [0.29, 0.717) is 4.21 Å². The Hall–Kier alpha value is -0.430. The van der Waals surface area contributed by atoms with Gasteiger partial charge in [-0.05, 0) is 31.0 Å². The second-order valence-corrected chi connectivity index (χ2v) is 6.42. The minimum Gasteiger partial charge on any atom is -0.312 e. The van der Waals surface area contributed by atoms with Crippen LogP contribution in [-0.4, -0.2) is 10.8 Å². The van der Waals surface area contributed by atoms with Crippen molar-refractivity contribution in [2.75, 3.05) is 6.54 Å². The largest absolute Gasteiger partial charge is 0.312 e. The average Bonchev–Trinajstić information content (AvgIpc) is 2.44. The quantitative estimate of drug-likeness (QED) is 0.673. The highest BCUT2D eigenvalue weighted by atomic mass is 32.2. The first-order valence-corrected chi connectivity index (χ1v) is 6.82. The molecule has 0 aliphatic carbocycles. The molecule has 1 aromatic heterocycles. The molecule has 2 heterocycles. The summed E-state index contributed by atoms with van der Waals surface area (Å²) in [5, 5.41) is 8.60. The lowest BCUT2D eigenvalue weighted by Gasteiger charge is -2.12. The molecule has 0 bridgehead atoms. The van der Waals surface area contributed by atoms with Crippen molar-refractivity contribution in [2.24, 2.45) is 5.14 Å². The Balaban J connectivity index is 2.60. The molecular formula is C8H13N3OS2. The zero-order valence-electron chi connectivity index (χ0n) is 7.92. The number of hydrogen-bond donors (Lipinski definition) is 3. The lowest BCUT2D eigenvalue weighted by Crippen LogP contribution is -2.22. The first kappa shape index (κ1) is 10.1. The summed E-state index contributed by atoms with van der Waals surface area (Å²) < 4.78 is 19.4. The Labute approximate surface area is 87.6 Å². The molecule has 1 atom stereocenters. The van der Waals surface area contributed by atoms with Crippen LogP contribution in [0, 0.1) is 11.7 Å². The van der Waals surface area contributed by atoms with Gasteiger partial charge in [-0.25, -0.2) is 14.1 Å². The first-order valence-electron chi connectivity index (χ1n) is 4.38. The number of nitrogens with one attached hydrogen (secondary N) is 2. The van der Waals surface area contributed by atoms with Crippen LogP contribution in [0.3, 0.4) is 0 Å². The second-order valence-electron chi connectivity index (χ2n) is 3.44. The maximum absolute atomic E-state index is 11.5. The highest BCUT2D eigenvalue weighted by Crippen LogP contribution is 2.32. The van der Waals surface area contributed by atoms with Crippen LogP contribution < -0.4 is 10.5 Å². The molecule has 4 N–H and O–H groups in total. The van der Waals surface area contributed by atoms with Gasteiger partial charge in [0.05, 0.1) is 0 Å². The van der Waals surface area contributed by atoms with Gasteiger partial charge in [-0.1, -0.05) is 0 Å². The summed E-state index contributed by atoms with van der Waals surface area (Å²) in [5.41, 5.74) is 2.21. The van der Waals surface area contributed by atoms with Crippen molar-refractivity contribution in [1.29, 1.82) is 4.78 Å². The fraction of sp³-hybridized carbons (Fsp3) is 0.500. The molecule has 0 saturated heterocycles. The van der Waals surface area contributed by atoms with Crippen molar-refractivity contribution in [1.82, 2.24) is 5.32 Å². The van der Waals surface area contributed by atoms with Gasteiger partial charge in [0.25, 0.3) is 0 Å². The predicted octanol–water partition coefficient (Wildman–Crippen LogP) is 0.982. The maximum Gasteiger partial charge on any atom is 0.142 e. The van der Waals surface area contributed by atoms with Crippen LogP contribution in [0.15, 0.2) is 4.21 Å². The van der Waals surface area contributed by atoms with Crippen LogP contribution in [-0.2, 0) is 22.9 Å². The van der Waals surface area contributed by atoms with Crippen LogP contribution in [0.1, 0.15) is 16.0 Å². The highest BCUT2D eigenvalue weighted by molar-refractivity contribution is 7.92. The van der Waals surface area contributed by atoms with Gasteiger partial charge in [-0.3, -0.25) is 0 Å². The van der Waals surface area contributed by atoms with Gasteiger partial charge < -0.3 is 5.32 Å². The van der Waals surface area contributed by atoms with Gasteiger partial charge >= 0.3 is 0 Å². The third kappa shape index (κ3) is 1.58. The van der Waals surface area contributed by atoms with E-state index in [1.807, 2.05) is 6.92 Å². The highest BCUT2D eigenvalue weighted by Gasteiger charge is 2.21. The molecule has 4 nitrogen and oxygen atoms in total. The molecule has 1 unspecified atom stereocenters. The molecule has 1 aliphatic rings. The Kier molecular flexibility index (Phi) is 2.38. The minimum absolute atomic E-state index is 0.547. The van der Waals surface area contributed by atoms with E-state index in [2.05, 4.69) is 5.32 Å². The van der Waals surface area contributed by atoms with Gasteiger partial charge in [0, 0.05) is 11.4 Å². The van der Waals surface area contributed by atoms with Crippen molar-refractivity contribution < 1.29 is 4.21 Å². The summed E-state index contributed by atoms with van der Waals surface area (Å²) in [4.78, 5) is 1.19. The number of thiophene rings is 1. The zero-order valence-corrected chi connectivity index (χ0v) is 9.56. The van der Waals surface area contributed by atoms with Gasteiger partial charge in [-0.15, -0.1) is 11.3 Å². The van der Waals surface area contributed by atoms with E-state index in [-0.39, 0.29) is 0 Å². The number of nitrogens with two attached hydrogens (primary N) is 1. The van der Waals surface area contributed by atoms with E-state index < -0.39 is 9.92 Å². The van der Waals surface area contributed by atoms with Crippen LogP contribution >= 0.6 is 11.3 Å². The van der Waals surface area contributed by atoms with E-state index in [1.165, 1.54) is 21.8 Å². The fourth-order valence-electron chi connectivity index (χ4n) is 1.76. The first-order chi connectivity index (χ1) is 6.50. The van der Waals surface area contributed by atoms with Crippen LogP contribution in [0.5, 0.6) is 0 Å². The van der Waals surface area contributed by atoms with E-state index in [4.69, 9.17) is 9.92 Å². The summed E-state index contributed by atoms with van der Waals surface area (Å²) in [7, 11) is -3.04. The molecule has 14 heavy (non-hydrogen) atoms. The van der Waals surface area contributed by atoms with E-state index in [0.717, 1.165) is 25.1 Å². The Bertz CT molecular complexity index is 461. The summed E-state index contributed by atoms with van der Waals surface area (Å²) in [6.07, 6.45) is 0.952. The molecule has 0 radical (unpaired) electrons. The molecule has 2 rings (SSSR count). The number of hydrogen-bond acceptors (Lipinski definition) is 4. The summed E-state index contributed by atoms with van der Waals surface area (Å²) in [5.74, 6) is 0. The monoisotopic (exact) mass is 231 g/mol. The summed E-state index contributed by atoms with van der Waals surface area (Å²) in [6.45, 7) is 3.68. The van der Waals surface area contributed by atoms with Crippen molar-refractivity contribution in [3.63, 3.8) is 0 Å². The third-order valence-electron chi connectivity index (χ3n) is 2.42. The minimum atomic E-state index is -3.04. The molecule has 1 aromatic rings. The third-order valence-corrected chi connectivity index (χ3v) is 5.40. The summed E-state index contributed by atoms with van der Waals surface area (Å²) >= 11 is 1.42. The topological polar surface area (TPSA) is 79.0 Å². The van der Waals surface area contributed by atoms with E-state index in [1.54, 1.807) is 0 Å². The Morgan fingerprint density at radius 3 is 2.93 bits per heavy atom. The predicted molar refractivity (Wildman–Crippen MR) is 57.8 cm³/mol. The summed E-state index contributed by atoms with van der Waals surface area (Å²) in [6, 6.07) is 0. The molecule has 1 aliphatic heterocycles. The Morgan fingerprint density at radius 1 is 1.64 bits per heavy atom. The van der Waals surface area contributed by atoms with Gasteiger partial charge in [0.15, 0.2) is 0 Å². The lowest BCUT2D eigenvalue weighted by atomic mass is 10.1. The Morgan fingerprint density at radius 2 is 2.36 bits per heavy atom. The van der Waals surface area contributed by atoms with Gasteiger partial charge in [0.2, 0.25) is 0 Å². The maximum atomic E-state index is 11.5. The molecule has 6 heteroatoms. The number of fused-ring (bicyclic) bond motifs is 1. The van der Waals surface area contributed by atoms with Gasteiger partial charge in [-0.2, -0.15) is 0 Å². The van der Waals surface area contributed by atoms with Crippen LogP contribution in [0.4, 0.5) is 0 Å². The van der Waals surface area contributed by atoms with E-state index in [9.17, 15) is 4.21 Å². The van der Waals surface area contributed by atoms with Gasteiger partial charge in [0.1, 0.15) is 14.1 Å². The smallest absolute Gasteiger partial charge is 0.142 e. The van der Waals surface area contributed by atoms with Crippen molar-refractivity contribution in [3.8, 4) is 0 Å². The standard InChI is InChI=1S/C8H13N3OS2/c1-5-6-2-3-11-4-7(6)13-8(5)14(9,10)12/h11H,2-4H2,1H3,(H3,9,10,12). The van der Waals surface area contributed by atoms with Crippen molar-refractivity contribution in [3.05, 3.63) is 16.0 Å². The molecule has 0 saturated carbocycles. The van der Waals surface area contributed by atoms with Crippen LogP contribution in [0.2, 0.25) is 0 Å².